The molecule has 2 amide bonds. The molecule has 2 N–H and O–H groups in total. The van der Waals surface area contributed by atoms with Gasteiger partial charge < -0.3 is 14.2 Å². The van der Waals surface area contributed by atoms with E-state index in [1.54, 1.807) is 42.5 Å². The number of carbonyl (C=O) groups is 2. The second kappa shape index (κ2) is 10.1. The molecule has 0 bridgehead atoms. The first-order chi connectivity index (χ1) is 14.0. The summed E-state index contributed by atoms with van der Waals surface area (Å²) in [5, 5.41) is 0.592. The molecule has 2 aromatic rings. The van der Waals surface area contributed by atoms with Crippen LogP contribution >= 0.6 is 11.6 Å². The van der Waals surface area contributed by atoms with Crippen LogP contribution in [0.5, 0.6) is 11.5 Å². The molecule has 2 aromatic carbocycles. The minimum Gasteiger partial charge on any atom is -0.491 e. The second-order valence-corrected chi connectivity index (χ2v) is 7.11. The SMILES string of the molecule is Cc1cc(Cl)ccc1OCC(=O)NNC(=O)c1ccc(OCC2CCCO2)cc1. The number of nitrogens with one attached hydrogen (secondary N) is 2. The molecule has 0 radical (unpaired) electrons. The van der Waals surface area contributed by atoms with Gasteiger partial charge in [0.1, 0.15) is 18.1 Å². The fraction of sp³-hybridized carbons (Fsp3) is 0.333. The van der Waals surface area contributed by atoms with Gasteiger partial charge in [-0.15, -0.1) is 0 Å². The zero-order chi connectivity index (χ0) is 20.6. The van der Waals surface area contributed by atoms with Crippen LogP contribution in [0.2, 0.25) is 5.02 Å². The lowest BCUT2D eigenvalue weighted by atomic mass is 10.2. The summed E-state index contributed by atoms with van der Waals surface area (Å²) in [5.41, 5.74) is 5.88. The van der Waals surface area contributed by atoms with Crippen LogP contribution in [0.15, 0.2) is 42.5 Å². The standard InChI is InChI=1S/C21H23ClN2O5/c1-14-11-16(22)6-9-19(14)29-13-20(25)23-24-21(26)15-4-7-17(8-5-15)28-12-18-3-2-10-27-18/h4-9,11,18H,2-3,10,12-13H2,1H3,(H,23,25)(H,24,26). The summed E-state index contributed by atoms with van der Waals surface area (Å²) in [5.74, 6) is 0.290. The molecule has 7 nitrogen and oxygen atoms in total. The Kier molecular flexibility index (Phi) is 7.32. The van der Waals surface area contributed by atoms with Crippen molar-refractivity contribution in [2.75, 3.05) is 19.8 Å². The Bertz CT molecular complexity index is 851. The van der Waals surface area contributed by atoms with Gasteiger partial charge in [0.05, 0.1) is 6.10 Å². The molecule has 29 heavy (non-hydrogen) atoms. The van der Waals surface area contributed by atoms with Crippen molar-refractivity contribution < 1.29 is 23.8 Å². The van der Waals surface area contributed by atoms with Crippen LogP contribution in [0.1, 0.15) is 28.8 Å². The molecule has 1 unspecified atom stereocenters. The Morgan fingerprint density at radius 2 is 1.93 bits per heavy atom. The summed E-state index contributed by atoms with van der Waals surface area (Å²) >= 11 is 5.88. The fourth-order valence-corrected chi connectivity index (χ4v) is 3.05. The Morgan fingerprint density at radius 1 is 1.14 bits per heavy atom. The Hall–Kier alpha value is -2.77. The first-order valence-electron chi connectivity index (χ1n) is 9.34. The summed E-state index contributed by atoms with van der Waals surface area (Å²) in [6.45, 7) is 2.87. The van der Waals surface area contributed by atoms with E-state index in [1.165, 1.54) is 0 Å². The number of carbonyl (C=O) groups excluding carboxylic acids is 2. The molecule has 0 aliphatic carbocycles. The van der Waals surface area contributed by atoms with Gasteiger partial charge in [-0.2, -0.15) is 0 Å². The predicted molar refractivity (Wildman–Crippen MR) is 108 cm³/mol. The lowest BCUT2D eigenvalue weighted by Crippen LogP contribution is -2.43. The lowest BCUT2D eigenvalue weighted by Gasteiger charge is -2.12. The van der Waals surface area contributed by atoms with Gasteiger partial charge >= 0.3 is 0 Å². The van der Waals surface area contributed by atoms with E-state index in [4.69, 9.17) is 25.8 Å². The van der Waals surface area contributed by atoms with Crippen LogP contribution in [0.25, 0.3) is 0 Å². The lowest BCUT2D eigenvalue weighted by molar-refractivity contribution is -0.123. The van der Waals surface area contributed by atoms with Gasteiger partial charge in [-0.25, -0.2) is 0 Å². The number of benzene rings is 2. The zero-order valence-electron chi connectivity index (χ0n) is 16.1. The molecular formula is C21H23ClN2O5. The van der Waals surface area contributed by atoms with Crippen molar-refractivity contribution >= 4 is 23.4 Å². The second-order valence-electron chi connectivity index (χ2n) is 6.67. The minimum absolute atomic E-state index is 0.132. The van der Waals surface area contributed by atoms with Crippen molar-refractivity contribution in [3.63, 3.8) is 0 Å². The van der Waals surface area contributed by atoms with E-state index in [1.807, 2.05) is 6.92 Å². The zero-order valence-corrected chi connectivity index (χ0v) is 16.8. The largest absolute Gasteiger partial charge is 0.491 e. The average Bonchev–Trinajstić information content (AvgIpc) is 3.24. The van der Waals surface area contributed by atoms with Crippen LogP contribution < -0.4 is 20.3 Å². The highest BCUT2D eigenvalue weighted by atomic mass is 35.5. The molecular weight excluding hydrogens is 396 g/mol. The van der Waals surface area contributed by atoms with Crippen molar-refractivity contribution in [1.29, 1.82) is 0 Å². The van der Waals surface area contributed by atoms with Crippen molar-refractivity contribution in [2.24, 2.45) is 0 Å². The monoisotopic (exact) mass is 418 g/mol. The summed E-state index contributed by atoms with van der Waals surface area (Å²) in [6.07, 6.45) is 2.19. The predicted octanol–water partition coefficient (Wildman–Crippen LogP) is 3.05. The fourth-order valence-electron chi connectivity index (χ4n) is 2.82. The molecule has 1 atom stereocenters. The first kappa shape index (κ1) is 21.0. The molecule has 1 saturated heterocycles. The maximum absolute atomic E-state index is 12.2. The van der Waals surface area contributed by atoms with Crippen molar-refractivity contribution in [3.05, 3.63) is 58.6 Å². The first-order valence-corrected chi connectivity index (χ1v) is 9.71. The quantitative estimate of drug-likeness (QED) is 0.675. The summed E-state index contributed by atoms with van der Waals surface area (Å²) < 4.78 is 16.6. The van der Waals surface area contributed by atoms with Crippen LogP contribution in [0, 0.1) is 6.92 Å². The van der Waals surface area contributed by atoms with Crippen LogP contribution in [-0.2, 0) is 9.53 Å². The van der Waals surface area contributed by atoms with Gasteiger partial charge in [-0.3, -0.25) is 20.4 Å². The van der Waals surface area contributed by atoms with Crippen molar-refractivity contribution in [3.8, 4) is 11.5 Å². The highest BCUT2D eigenvalue weighted by Crippen LogP contribution is 2.21. The normalized spacial score (nSPS) is 15.6. The number of ether oxygens (including phenoxy) is 3. The van der Waals surface area contributed by atoms with Gasteiger partial charge in [-0.1, -0.05) is 11.6 Å². The highest BCUT2D eigenvalue weighted by molar-refractivity contribution is 6.30. The number of hydrogen-bond donors (Lipinski definition) is 2. The molecule has 1 aliphatic heterocycles. The van der Waals surface area contributed by atoms with Gasteiger partial charge in [0, 0.05) is 17.2 Å². The van der Waals surface area contributed by atoms with Crippen molar-refractivity contribution in [2.45, 2.75) is 25.9 Å². The maximum Gasteiger partial charge on any atom is 0.276 e. The average molecular weight is 419 g/mol. The maximum atomic E-state index is 12.2. The van der Waals surface area contributed by atoms with Gasteiger partial charge in [0.15, 0.2) is 6.61 Å². The van der Waals surface area contributed by atoms with E-state index in [-0.39, 0.29) is 12.7 Å². The number of hydrazine groups is 1. The van der Waals surface area contributed by atoms with E-state index in [0.29, 0.717) is 28.7 Å². The topological polar surface area (TPSA) is 85.9 Å². The van der Waals surface area contributed by atoms with E-state index < -0.39 is 11.8 Å². The number of aryl methyl sites for hydroxylation is 1. The Labute approximate surface area is 174 Å². The molecule has 1 fully saturated rings. The summed E-state index contributed by atoms with van der Waals surface area (Å²) in [6, 6.07) is 11.8. The Balaban J connectivity index is 1.40. The van der Waals surface area contributed by atoms with Gasteiger partial charge in [-0.05, 0) is 67.8 Å². The van der Waals surface area contributed by atoms with E-state index in [0.717, 1.165) is 25.0 Å². The highest BCUT2D eigenvalue weighted by Gasteiger charge is 2.16. The third-order valence-electron chi connectivity index (χ3n) is 4.39. The summed E-state index contributed by atoms with van der Waals surface area (Å²) in [7, 11) is 0. The van der Waals surface area contributed by atoms with Crippen LogP contribution in [0.3, 0.4) is 0 Å². The molecule has 0 saturated carbocycles. The van der Waals surface area contributed by atoms with Crippen LogP contribution in [0.4, 0.5) is 0 Å². The van der Waals surface area contributed by atoms with Gasteiger partial charge in [0.25, 0.3) is 11.8 Å². The third kappa shape index (κ3) is 6.37. The molecule has 0 spiro atoms. The third-order valence-corrected chi connectivity index (χ3v) is 4.62. The smallest absolute Gasteiger partial charge is 0.276 e. The molecule has 1 heterocycles. The molecule has 154 valence electrons. The summed E-state index contributed by atoms with van der Waals surface area (Å²) in [4.78, 5) is 24.0. The van der Waals surface area contributed by atoms with Gasteiger partial charge in [0.2, 0.25) is 0 Å². The van der Waals surface area contributed by atoms with E-state index in [9.17, 15) is 9.59 Å². The molecule has 0 aromatic heterocycles. The van der Waals surface area contributed by atoms with Crippen LogP contribution in [-0.4, -0.2) is 37.7 Å². The molecule has 1 aliphatic rings. The van der Waals surface area contributed by atoms with E-state index in [2.05, 4.69) is 10.9 Å². The van der Waals surface area contributed by atoms with Crippen molar-refractivity contribution in [1.82, 2.24) is 10.9 Å². The number of halogens is 1. The number of hydrogen-bond acceptors (Lipinski definition) is 5. The Morgan fingerprint density at radius 3 is 2.62 bits per heavy atom. The molecule has 8 heteroatoms. The minimum atomic E-state index is -0.482. The number of amides is 2. The van der Waals surface area contributed by atoms with E-state index >= 15 is 0 Å². The number of rotatable bonds is 7. The molecule has 3 rings (SSSR count).